The van der Waals surface area contributed by atoms with Crippen LogP contribution in [0.1, 0.15) is 60.9 Å². The predicted molar refractivity (Wildman–Crippen MR) is 121 cm³/mol. The molecule has 0 spiro atoms. The second-order valence-corrected chi connectivity index (χ2v) is 8.54. The van der Waals surface area contributed by atoms with Crippen LogP contribution in [0.3, 0.4) is 0 Å². The molecule has 0 radical (unpaired) electrons. The zero-order valence-electron chi connectivity index (χ0n) is 19.1. The molecular weight excluding hydrogens is 392 g/mol. The Morgan fingerprint density at radius 2 is 1.84 bits per heavy atom. The highest BCUT2D eigenvalue weighted by atomic mass is 16.6. The molecule has 2 aromatic carbocycles. The van der Waals surface area contributed by atoms with E-state index < -0.39 is 5.97 Å². The van der Waals surface area contributed by atoms with Crippen molar-refractivity contribution in [1.82, 2.24) is 0 Å². The first-order valence-electron chi connectivity index (χ1n) is 10.3. The van der Waals surface area contributed by atoms with Gasteiger partial charge in [-0.2, -0.15) is 0 Å². The largest absolute Gasteiger partial charge is 0.464 e. The molecule has 0 heterocycles. The van der Waals surface area contributed by atoms with Crippen molar-refractivity contribution in [3.63, 3.8) is 0 Å². The first-order valence-corrected chi connectivity index (χ1v) is 10.3. The molecule has 31 heavy (non-hydrogen) atoms. The third-order valence-electron chi connectivity index (χ3n) is 5.86. The van der Waals surface area contributed by atoms with E-state index in [1.807, 2.05) is 32.0 Å². The van der Waals surface area contributed by atoms with Crippen LogP contribution < -0.4 is 0 Å². The first kappa shape index (κ1) is 22.5. The third kappa shape index (κ3) is 5.13. The molecule has 0 N–H and O–H groups in total. The molecule has 1 saturated carbocycles. The molecule has 6 heteroatoms. The normalized spacial score (nSPS) is 17.8. The van der Waals surface area contributed by atoms with Gasteiger partial charge in [-0.1, -0.05) is 60.6 Å². The Kier molecular flexibility index (Phi) is 6.78. The highest BCUT2D eigenvalue weighted by Crippen LogP contribution is 2.58. The summed E-state index contributed by atoms with van der Waals surface area (Å²) in [4.78, 5) is 22.7. The Morgan fingerprint density at radius 3 is 2.48 bits per heavy atom. The Hall–Kier alpha value is -3.15. The number of methoxy groups -OCH3 is 1. The van der Waals surface area contributed by atoms with E-state index >= 15 is 0 Å². The van der Waals surface area contributed by atoms with Gasteiger partial charge in [-0.05, 0) is 54.4 Å². The number of oxime groups is 2. The van der Waals surface area contributed by atoms with Gasteiger partial charge in [0.25, 0.3) is 0 Å². The molecule has 1 aliphatic carbocycles. The van der Waals surface area contributed by atoms with Gasteiger partial charge in [0.2, 0.25) is 0 Å². The molecule has 0 bridgehead atoms. The molecule has 3 rings (SSSR count). The number of carbonyl (C=O) groups is 1. The van der Waals surface area contributed by atoms with Crippen LogP contribution in [0.5, 0.6) is 0 Å². The van der Waals surface area contributed by atoms with E-state index in [1.54, 1.807) is 6.07 Å². The van der Waals surface area contributed by atoms with Gasteiger partial charge in [-0.25, -0.2) is 4.79 Å². The van der Waals surface area contributed by atoms with E-state index in [2.05, 4.69) is 42.4 Å². The number of esters is 1. The van der Waals surface area contributed by atoms with Gasteiger partial charge in [0.15, 0.2) is 5.71 Å². The Bertz CT molecular complexity index is 1020. The topological polar surface area (TPSA) is 69.5 Å². The van der Waals surface area contributed by atoms with Crippen molar-refractivity contribution in [2.75, 3.05) is 14.2 Å². The lowest BCUT2D eigenvalue weighted by molar-refractivity contribution is -0.132. The average Bonchev–Trinajstić information content (AvgIpc) is 3.40. The van der Waals surface area contributed by atoms with Crippen LogP contribution in [0.2, 0.25) is 0 Å². The van der Waals surface area contributed by atoms with Crippen LogP contribution in [0.4, 0.5) is 0 Å². The van der Waals surface area contributed by atoms with Crippen molar-refractivity contribution in [1.29, 1.82) is 0 Å². The number of aryl methyl sites for hydroxylation is 1. The second-order valence-electron chi connectivity index (χ2n) is 8.54. The quantitative estimate of drug-likeness (QED) is 0.342. The lowest BCUT2D eigenvalue weighted by atomic mass is 9.99. The highest BCUT2D eigenvalue weighted by Gasteiger charge is 2.46. The summed E-state index contributed by atoms with van der Waals surface area (Å²) in [5, 5.41) is 8.18. The highest BCUT2D eigenvalue weighted by molar-refractivity contribution is 6.43. The van der Waals surface area contributed by atoms with E-state index in [-0.39, 0.29) is 12.3 Å². The van der Waals surface area contributed by atoms with Crippen molar-refractivity contribution in [3.05, 3.63) is 70.3 Å². The van der Waals surface area contributed by atoms with Crippen molar-refractivity contribution < 1.29 is 19.2 Å². The zero-order valence-corrected chi connectivity index (χ0v) is 19.1. The van der Waals surface area contributed by atoms with Crippen molar-refractivity contribution >= 4 is 17.4 Å². The molecule has 1 fully saturated rings. The van der Waals surface area contributed by atoms with Crippen molar-refractivity contribution in [2.45, 2.75) is 46.6 Å². The molecule has 0 amide bonds. The van der Waals surface area contributed by atoms with Crippen LogP contribution >= 0.6 is 0 Å². The summed E-state index contributed by atoms with van der Waals surface area (Å²) in [6.07, 6.45) is 1.21. The SMILES string of the molecule is CO/N=C(/C(=O)OC)c1cccc(C)c1CO/N=C(\C)c1cccc(C2CC2(C)C)c1. The van der Waals surface area contributed by atoms with Crippen LogP contribution in [0, 0.1) is 12.3 Å². The minimum atomic E-state index is -0.576. The van der Waals surface area contributed by atoms with E-state index in [0.717, 1.165) is 22.4 Å². The van der Waals surface area contributed by atoms with Gasteiger partial charge in [0.1, 0.15) is 13.7 Å². The molecule has 1 unspecified atom stereocenters. The Labute approximate surface area is 183 Å². The number of carbonyl (C=O) groups excluding carboxylic acids is 1. The van der Waals surface area contributed by atoms with Gasteiger partial charge >= 0.3 is 5.97 Å². The van der Waals surface area contributed by atoms with Gasteiger partial charge in [0, 0.05) is 11.1 Å². The van der Waals surface area contributed by atoms with Crippen LogP contribution in [-0.4, -0.2) is 31.6 Å². The van der Waals surface area contributed by atoms with Crippen LogP contribution in [-0.2, 0) is 25.8 Å². The second kappa shape index (κ2) is 9.33. The van der Waals surface area contributed by atoms with E-state index in [9.17, 15) is 4.79 Å². The molecule has 0 saturated heterocycles. The molecule has 164 valence electrons. The summed E-state index contributed by atoms with van der Waals surface area (Å²) in [6, 6.07) is 14.1. The van der Waals surface area contributed by atoms with Crippen molar-refractivity contribution in [3.8, 4) is 0 Å². The Morgan fingerprint density at radius 1 is 1.13 bits per heavy atom. The number of rotatable bonds is 8. The number of benzene rings is 2. The Balaban J connectivity index is 1.79. The lowest BCUT2D eigenvalue weighted by Gasteiger charge is -2.12. The fourth-order valence-electron chi connectivity index (χ4n) is 3.76. The molecule has 6 nitrogen and oxygen atoms in total. The number of ether oxygens (including phenoxy) is 1. The molecule has 0 aliphatic heterocycles. The summed E-state index contributed by atoms with van der Waals surface area (Å²) in [5.74, 6) is 0.0284. The number of nitrogens with zero attached hydrogens (tertiary/aromatic N) is 2. The van der Waals surface area contributed by atoms with E-state index in [0.29, 0.717) is 16.9 Å². The maximum absolute atomic E-state index is 12.2. The maximum atomic E-state index is 12.2. The smallest absolute Gasteiger partial charge is 0.360 e. The number of hydrogen-bond donors (Lipinski definition) is 0. The van der Waals surface area contributed by atoms with Crippen molar-refractivity contribution in [2.24, 2.45) is 15.7 Å². The first-order chi connectivity index (χ1) is 14.8. The summed E-state index contributed by atoms with van der Waals surface area (Å²) in [7, 11) is 2.70. The maximum Gasteiger partial charge on any atom is 0.360 e. The van der Waals surface area contributed by atoms with Gasteiger partial charge in [0.05, 0.1) is 12.8 Å². The fourth-order valence-corrected chi connectivity index (χ4v) is 3.76. The lowest BCUT2D eigenvalue weighted by Crippen LogP contribution is -2.20. The summed E-state index contributed by atoms with van der Waals surface area (Å²) >= 11 is 0. The third-order valence-corrected chi connectivity index (χ3v) is 5.86. The summed E-state index contributed by atoms with van der Waals surface area (Å²) < 4.78 is 4.85. The number of hydrogen-bond acceptors (Lipinski definition) is 6. The minimum absolute atomic E-state index is 0.0905. The average molecular weight is 423 g/mol. The zero-order chi connectivity index (χ0) is 22.6. The monoisotopic (exact) mass is 422 g/mol. The van der Waals surface area contributed by atoms with Gasteiger partial charge in [-0.15, -0.1) is 0 Å². The summed E-state index contributed by atoms with van der Waals surface area (Å²) in [5.41, 5.74) is 6.01. The van der Waals surface area contributed by atoms with Crippen LogP contribution in [0.25, 0.3) is 0 Å². The fraction of sp³-hybridized carbons (Fsp3) is 0.400. The molecular formula is C25H30N2O4. The van der Waals surface area contributed by atoms with E-state index in [4.69, 9.17) is 14.4 Å². The van der Waals surface area contributed by atoms with Gasteiger partial charge < -0.3 is 14.4 Å². The predicted octanol–water partition coefficient (Wildman–Crippen LogP) is 4.97. The van der Waals surface area contributed by atoms with Gasteiger partial charge in [-0.3, -0.25) is 0 Å². The molecule has 1 atom stereocenters. The van der Waals surface area contributed by atoms with E-state index in [1.165, 1.54) is 26.2 Å². The molecule has 2 aromatic rings. The summed E-state index contributed by atoms with van der Waals surface area (Å²) in [6.45, 7) is 8.66. The van der Waals surface area contributed by atoms with Crippen LogP contribution in [0.15, 0.2) is 52.8 Å². The standard InChI is InChI=1S/C25H30N2O4/c1-16-9-7-12-20(23(27-30-6)24(28)29-5)21(16)15-31-26-17(2)18-10-8-11-19(13-18)22-14-25(22,3)4/h7-13,22H,14-15H2,1-6H3/b26-17+,27-23+. The molecule has 0 aromatic heterocycles. The minimum Gasteiger partial charge on any atom is -0.464 e. The molecule has 1 aliphatic rings.